The summed E-state index contributed by atoms with van der Waals surface area (Å²) in [5.41, 5.74) is 0. The lowest BCUT2D eigenvalue weighted by Gasteiger charge is -2.10. The van der Waals surface area contributed by atoms with Gasteiger partial charge in [0.05, 0.1) is 6.10 Å². The molecule has 0 aromatic carbocycles. The van der Waals surface area contributed by atoms with Crippen molar-refractivity contribution < 1.29 is 13.2 Å². The van der Waals surface area contributed by atoms with Crippen LogP contribution in [-0.2, 0) is 14.8 Å². The molecule has 2 rings (SSSR count). The molecular weight excluding hydrogens is 246 g/mol. The first-order valence-electron chi connectivity index (χ1n) is 5.25. The second-order valence-electron chi connectivity index (χ2n) is 3.85. The second kappa shape index (κ2) is 4.83. The third-order valence-corrected chi connectivity index (χ3v) is 5.42. The van der Waals surface area contributed by atoms with Crippen LogP contribution in [0.1, 0.15) is 17.7 Å². The van der Waals surface area contributed by atoms with Gasteiger partial charge in [0.25, 0.3) is 0 Å². The number of aryl methyl sites for hydroxylation is 1. The third-order valence-electron chi connectivity index (χ3n) is 2.51. The van der Waals surface area contributed by atoms with Gasteiger partial charge in [0, 0.05) is 18.0 Å². The van der Waals surface area contributed by atoms with Crippen LogP contribution in [-0.4, -0.2) is 27.7 Å². The molecule has 0 radical (unpaired) electrons. The van der Waals surface area contributed by atoms with Gasteiger partial charge < -0.3 is 4.74 Å². The van der Waals surface area contributed by atoms with E-state index in [4.69, 9.17) is 4.74 Å². The maximum Gasteiger partial charge on any atom is 0.250 e. The molecule has 1 atom stereocenters. The number of ether oxygens (including phenoxy) is 1. The normalized spacial score (nSPS) is 21.4. The molecular formula is C10H15NO3S2. The van der Waals surface area contributed by atoms with Gasteiger partial charge in [-0.2, -0.15) is 0 Å². The first kappa shape index (κ1) is 12.0. The highest BCUT2D eigenvalue weighted by Crippen LogP contribution is 2.20. The lowest BCUT2D eigenvalue weighted by Crippen LogP contribution is -2.31. The van der Waals surface area contributed by atoms with Gasteiger partial charge in [-0.15, -0.1) is 11.3 Å². The molecule has 1 aromatic heterocycles. The molecule has 90 valence electrons. The average Bonchev–Trinajstić information content (AvgIpc) is 2.85. The number of hydrogen-bond acceptors (Lipinski definition) is 4. The van der Waals surface area contributed by atoms with Crippen molar-refractivity contribution in [3.63, 3.8) is 0 Å². The minimum atomic E-state index is -3.34. The fourth-order valence-electron chi connectivity index (χ4n) is 1.64. The number of thiophene rings is 1. The van der Waals surface area contributed by atoms with Crippen LogP contribution in [0.15, 0.2) is 16.3 Å². The molecule has 1 aliphatic rings. The van der Waals surface area contributed by atoms with Crippen molar-refractivity contribution in [2.45, 2.75) is 30.1 Å². The fourth-order valence-corrected chi connectivity index (χ4v) is 4.03. The second-order valence-corrected chi connectivity index (χ2v) is 7.13. The van der Waals surface area contributed by atoms with E-state index in [-0.39, 0.29) is 6.10 Å². The van der Waals surface area contributed by atoms with Gasteiger partial charge in [0.1, 0.15) is 4.21 Å². The zero-order chi connectivity index (χ0) is 11.6. The number of hydrogen-bond donors (Lipinski definition) is 1. The van der Waals surface area contributed by atoms with Crippen LogP contribution >= 0.6 is 11.3 Å². The van der Waals surface area contributed by atoms with E-state index in [0.717, 1.165) is 24.3 Å². The Hall–Kier alpha value is -0.430. The fraction of sp³-hybridized carbons (Fsp3) is 0.600. The molecule has 1 aromatic rings. The van der Waals surface area contributed by atoms with Gasteiger partial charge >= 0.3 is 0 Å². The zero-order valence-corrected chi connectivity index (χ0v) is 10.7. The van der Waals surface area contributed by atoms with Crippen molar-refractivity contribution in [2.75, 3.05) is 13.2 Å². The Morgan fingerprint density at radius 1 is 1.56 bits per heavy atom. The summed E-state index contributed by atoms with van der Waals surface area (Å²) < 4.78 is 32.0. The minimum Gasteiger partial charge on any atom is -0.377 e. The molecule has 2 heterocycles. The quantitative estimate of drug-likeness (QED) is 0.894. The van der Waals surface area contributed by atoms with E-state index in [0.29, 0.717) is 10.8 Å². The molecule has 6 heteroatoms. The number of rotatable bonds is 4. The summed E-state index contributed by atoms with van der Waals surface area (Å²) in [5.74, 6) is 0. The van der Waals surface area contributed by atoms with Crippen LogP contribution in [0.5, 0.6) is 0 Å². The van der Waals surface area contributed by atoms with Crippen molar-refractivity contribution in [1.29, 1.82) is 0 Å². The van der Waals surface area contributed by atoms with Gasteiger partial charge in [-0.25, -0.2) is 13.1 Å². The van der Waals surface area contributed by atoms with Crippen LogP contribution in [0.2, 0.25) is 0 Å². The highest BCUT2D eigenvalue weighted by atomic mass is 32.2. The van der Waals surface area contributed by atoms with Gasteiger partial charge in [-0.1, -0.05) is 0 Å². The maximum absolute atomic E-state index is 11.8. The molecule has 0 saturated carbocycles. The highest BCUT2D eigenvalue weighted by molar-refractivity contribution is 7.91. The van der Waals surface area contributed by atoms with E-state index >= 15 is 0 Å². The minimum absolute atomic E-state index is 0.0378. The van der Waals surface area contributed by atoms with Crippen molar-refractivity contribution in [3.05, 3.63) is 17.0 Å². The SMILES string of the molecule is Cc1ccc(S(=O)(=O)NC[C@H]2CCCO2)s1. The molecule has 0 unspecified atom stereocenters. The lowest BCUT2D eigenvalue weighted by atomic mass is 10.2. The van der Waals surface area contributed by atoms with Crippen molar-refractivity contribution in [3.8, 4) is 0 Å². The van der Waals surface area contributed by atoms with E-state index in [2.05, 4.69) is 4.72 Å². The molecule has 0 aliphatic carbocycles. The Labute approximate surface area is 99.7 Å². The summed E-state index contributed by atoms with van der Waals surface area (Å²) in [6.45, 7) is 3.01. The standard InChI is InChI=1S/C10H15NO3S2/c1-8-4-5-10(15-8)16(12,13)11-7-9-3-2-6-14-9/h4-5,9,11H,2-3,6-7H2,1H3/t9-/m1/s1. The van der Waals surface area contributed by atoms with E-state index in [1.165, 1.54) is 11.3 Å². The number of sulfonamides is 1. The predicted molar refractivity (Wildman–Crippen MR) is 63.2 cm³/mol. The molecule has 1 fully saturated rings. The largest absolute Gasteiger partial charge is 0.377 e. The van der Waals surface area contributed by atoms with E-state index in [1.54, 1.807) is 6.07 Å². The molecule has 1 N–H and O–H groups in total. The van der Waals surface area contributed by atoms with Gasteiger partial charge in [0.2, 0.25) is 10.0 Å². The monoisotopic (exact) mass is 261 g/mol. The Kier molecular flexibility index (Phi) is 3.63. The highest BCUT2D eigenvalue weighted by Gasteiger charge is 2.20. The third kappa shape index (κ3) is 2.82. The van der Waals surface area contributed by atoms with Crippen molar-refractivity contribution >= 4 is 21.4 Å². The summed E-state index contributed by atoms with van der Waals surface area (Å²) in [6, 6.07) is 3.45. The van der Waals surface area contributed by atoms with Crippen LogP contribution in [0.25, 0.3) is 0 Å². The zero-order valence-electron chi connectivity index (χ0n) is 9.10. The van der Waals surface area contributed by atoms with E-state index < -0.39 is 10.0 Å². The maximum atomic E-state index is 11.8. The summed E-state index contributed by atoms with van der Waals surface area (Å²) in [6.07, 6.45) is 1.99. The summed E-state index contributed by atoms with van der Waals surface area (Å²) >= 11 is 1.29. The van der Waals surface area contributed by atoms with Crippen molar-refractivity contribution in [2.24, 2.45) is 0 Å². The molecule has 0 amide bonds. The Morgan fingerprint density at radius 2 is 2.38 bits per heavy atom. The molecule has 16 heavy (non-hydrogen) atoms. The first-order chi connectivity index (χ1) is 7.58. The van der Waals surface area contributed by atoms with E-state index in [9.17, 15) is 8.42 Å². The van der Waals surface area contributed by atoms with E-state index in [1.807, 2.05) is 13.0 Å². The molecule has 4 nitrogen and oxygen atoms in total. The van der Waals surface area contributed by atoms with Crippen LogP contribution in [0, 0.1) is 6.92 Å². The number of nitrogens with one attached hydrogen (secondary N) is 1. The Morgan fingerprint density at radius 3 is 2.94 bits per heavy atom. The molecule has 1 saturated heterocycles. The summed E-state index contributed by atoms with van der Waals surface area (Å²) in [5, 5.41) is 0. The predicted octanol–water partition coefficient (Wildman–Crippen LogP) is 1.51. The van der Waals surface area contributed by atoms with Gasteiger partial charge in [-0.3, -0.25) is 0 Å². The topological polar surface area (TPSA) is 55.4 Å². The smallest absolute Gasteiger partial charge is 0.250 e. The first-order valence-corrected chi connectivity index (χ1v) is 7.55. The Balaban J connectivity index is 1.97. The van der Waals surface area contributed by atoms with Gasteiger partial charge in [-0.05, 0) is 31.9 Å². The molecule has 0 bridgehead atoms. The van der Waals surface area contributed by atoms with Crippen LogP contribution in [0.4, 0.5) is 0 Å². The average molecular weight is 261 g/mol. The molecule has 0 spiro atoms. The van der Waals surface area contributed by atoms with Crippen LogP contribution in [0.3, 0.4) is 0 Å². The van der Waals surface area contributed by atoms with Crippen LogP contribution < -0.4 is 4.72 Å². The summed E-state index contributed by atoms with van der Waals surface area (Å²) in [4.78, 5) is 0.998. The van der Waals surface area contributed by atoms with Gasteiger partial charge in [0.15, 0.2) is 0 Å². The lowest BCUT2D eigenvalue weighted by molar-refractivity contribution is 0.114. The summed E-state index contributed by atoms with van der Waals surface area (Å²) in [7, 11) is -3.34. The Bertz CT molecular complexity index is 446. The molecule has 1 aliphatic heterocycles. The van der Waals surface area contributed by atoms with Crippen molar-refractivity contribution in [1.82, 2.24) is 4.72 Å².